The third-order valence-corrected chi connectivity index (χ3v) is 4.21. The summed E-state index contributed by atoms with van der Waals surface area (Å²) in [5.74, 6) is -0.542. The molecule has 0 radical (unpaired) electrons. The van der Waals surface area contributed by atoms with Crippen LogP contribution in [0.1, 0.15) is 72.9 Å². The summed E-state index contributed by atoms with van der Waals surface area (Å²) in [6.07, 6.45) is 5.08. The van der Waals surface area contributed by atoms with Crippen molar-refractivity contribution in [1.29, 1.82) is 0 Å². The number of esters is 1. The zero-order valence-electron chi connectivity index (χ0n) is 18.7. The second-order valence-corrected chi connectivity index (χ2v) is 9.50. The minimum atomic E-state index is -0.984. The van der Waals surface area contributed by atoms with Gasteiger partial charge in [-0.1, -0.05) is 0 Å². The molecule has 1 heterocycles. The van der Waals surface area contributed by atoms with Gasteiger partial charge in [0.15, 0.2) is 0 Å². The Morgan fingerprint density at radius 3 is 2.27 bits per heavy atom. The molecule has 1 fully saturated rings. The number of nitrogens with one attached hydrogen (secondary N) is 1. The van der Waals surface area contributed by atoms with E-state index in [0.29, 0.717) is 5.69 Å². The van der Waals surface area contributed by atoms with Gasteiger partial charge in [-0.2, -0.15) is 0 Å². The van der Waals surface area contributed by atoms with Crippen molar-refractivity contribution >= 4 is 18.2 Å². The molecule has 0 spiro atoms. The Morgan fingerprint density at radius 2 is 1.70 bits per heavy atom. The molecule has 1 amide bonds. The highest BCUT2D eigenvalue weighted by Crippen LogP contribution is 2.22. The number of rotatable bonds is 5. The van der Waals surface area contributed by atoms with Crippen molar-refractivity contribution < 1.29 is 28.6 Å². The van der Waals surface area contributed by atoms with E-state index in [2.05, 4.69) is 10.3 Å². The van der Waals surface area contributed by atoms with Gasteiger partial charge in [0.2, 0.25) is 0 Å². The Balaban J connectivity index is 2.09. The van der Waals surface area contributed by atoms with Crippen molar-refractivity contribution in [3.05, 3.63) is 18.2 Å². The predicted molar refractivity (Wildman–Crippen MR) is 109 cm³/mol. The van der Waals surface area contributed by atoms with Crippen molar-refractivity contribution in [3.63, 3.8) is 0 Å². The highest BCUT2D eigenvalue weighted by Gasteiger charge is 2.30. The van der Waals surface area contributed by atoms with Gasteiger partial charge in [0.05, 0.1) is 5.69 Å². The predicted octanol–water partition coefficient (Wildman–Crippen LogP) is 3.59. The summed E-state index contributed by atoms with van der Waals surface area (Å²) in [5.41, 5.74) is -0.916. The lowest BCUT2D eigenvalue weighted by molar-refractivity contribution is -0.151. The highest BCUT2D eigenvalue weighted by atomic mass is 16.6. The lowest BCUT2D eigenvalue weighted by Crippen LogP contribution is -2.46. The molecule has 0 bridgehead atoms. The number of alkyl carbamates (subject to hydrolysis) is 1. The van der Waals surface area contributed by atoms with Crippen LogP contribution in [0.3, 0.4) is 0 Å². The zero-order chi connectivity index (χ0) is 22.5. The van der Waals surface area contributed by atoms with Gasteiger partial charge < -0.3 is 19.5 Å². The van der Waals surface area contributed by atoms with Crippen molar-refractivity contribution in [2.45, 2.75) is 97.0 Å². The van der Waals surface area contributed by atoms with Gasteiger partial charge in [0.25, 0.3) is 0 Å². The number of carbonyl (C=O) groups excluding carboxylic acids is 3. The van der Waals surface area contributed by atoms with Crippen LogP contribution in [-0.4, -0.2) is 51.1 Å². The molecule has 9 nitrogen and oxygen atoms in total. The highest BCUT2D eigenvalue weighted by molar-refractivity contribution is 5.82. The SMILES string of the molecule is CC(C)(C)OC(=O)N[C@@H](Cc1cn(C(=O)OC(C)(C)C)cn1)C(=O)OC1CCCC1. The molecule has 1 aliphatic rings. The smallest absolute Gasteiger partial charge is 0.419 e. The molecule has 1 saturated carbocycles. The van der Waals surface area contributed by atoms with E-state index in [-0.39, 0.29) is 12.5 Å². The van der Waals surface area contributed by atoms with Crippen LogP contribution < -0.4 is 5.32 Å². The quantitative estimate of drug-likeness (QED) is 0.569. The number of hydrogen-bond donors (Lipinski definition) is 1. The van der Waals surface area contributed by atoms with Gasteiger partial charge in [-0.15, -0.1) is 0 Å². The number of imidazole rings is 1. The maximum Gasteiger partial charge on any atom is 0.419 e. The second-order valence-electron chi connectivity index (χ2n) is 9.50. The molecule has 0 unspecified atom stereocenters. The van der Waals surface area contributed by atoms with Crippen molar-refractivity contribution in [3.8, 4) is 0 Å². The van der Waals surface area contributed by atoms with E-state index < -0.39 is 35.4 Å². The second kappa shape index (κ2) is 9.49. The van der Waals surface area contributed by atoms with E-state index in [4.69, 9.17) is 14.2 Å². The number of hydrogen-bond acceptors (Lipinski definition) is 7. The number of nitrogens with zero attached hydrogens (tertiary/aromatic N) is 2. The molecule has 168 valence electrons. The lowest BCUT2D eigenvalue weighted by Gasteiger charge is -2.23. The average Bonchev–Trinajstić information content (AvgIpc) is 3.22. The first kappa shape index (κ1) is 23.7. The molecule has 9 heteroatoms. The van der Waals surface area contributed by atoms with Crippen LogP contribution in [0.2, 0.25) is 0 Å². The van der Waals surface area contributed by atoms with Gasteiger partial charge in [0, 0.05) is 12.6 Å². The van der Waals surface area contributed by atoms with Gasteiger partial charge in [-0.25, -0.2) is 23.9 Å². The van der Waals surface area contributed by atoms with Crippen molar-refractivity contribution in [2.24, 2.45) is 0 Å². The van der Waals surface area contributed by atoms with Crippen LogP contribution in [0, 0.1) is 0 Å². The largest absolute Gasteiger partial charge is 0.461 e. The first-order valence-electron chi connectivity index (χ1n) is 10.3. The van der Waals surface area contributed by atoms with Crippen LogP contribution in [-0.2, 0) is 25.4 Å². The summed E-state index contributed by atoms with van der Waals surface area (Å²) in [6.45, 7) is 10.5. The molecule has 2 rings (SSSR count). The number of amides is 1. The van der Waals surface area contributed by atoms with Gasteiger partial charge in [-0.05, 0) is 67.2 Å². The summed E-state index contributed by atoms with van der Waals surface area (Å²) in [7, 11) is 0. The first-order chi connectivity index (χ1) is 13.8. The van der Waals surface area contributed by atoms with E-state index in [1.807, 2.05) is 0 Å². The third-order valence-electron chi connectivity index (χ3n) is 4.21. The molecule has 1 aliphatic carbocycles. The van der Waals surface area contributed by atoms with Gasteiger partial charge in [-0.3, -0.25) is 0 Å². The Labute approximate surface area is 177 Å². The fourth-order valence-corrected chi connectivity index (χ4v) is 2.99. The summed E-state index contributed by atoms with van der Waals surface area (Å²) in [5, 5.41) is 2.57. The molecule has 1 aromatic heterocycles. The monoisotopic (exact) mass is 423 g/mol. The summed E-state index contributed by atoms with van der Waals surface area (Å²) < 4.78 is 17.3. The fourth-order valence-electron chi connectivity index (χ4n) is 2.99. The van der Waals surface area contributed by atoms with E-state index in [1.54, 1.807) is 41.5 Å². The van der Waals surface area contributed by atoms with Crippen molar-refractivity contribution in [2.75, 3.05) is 0 Å². The molecular weight excluding hydrogens is 390 g/mol. The zero-order valence-corrected chi connectivity index (χ0v) is 18.7. The molecule has 1 atom stereocenters. The summed E-state index contributed by atoms with van der Waals surface area (Å²) >= 11 is 0. The Kier molecular flexibility index (Phi) is 7.49. The van der Waals surface area contributed by atoms with E-state index >= 15 is 0 Å². The minimum Gasteiger partial charge on any atom is -0.461 e. The fraction of sp³-hybridized carbons (Fsp3) is 0.714. The van der Waals surface area contributed by atoms with Crippen molar-refractivity contribution in [1.82, 2.24) is 14.9 Å². The van der Waals surface area contributed by atoms with Crippen LogP contribution in [0.5, 0.6) is 0 Å². The summed E-state index contributed by atoms with van der Waals surface area (Å²) in [4.78, 5) is 41.3. The van der Waals surface area contributed by atoms with E-state index in [0.717, 1.165) is 25.7 Å². The van der Waals surface area contributed by atoms with Crippen LogP contribution >= 0.6 is 0 Å². The van der Waals surface area contributed by atoms with Crippen LogP contribution in [0.4, 0.5) is 9.59 Å². The molecule has 30 heavy (non-hydrogen) atoms. The van der Waals surface area contributed by atoms with Gasteiger partial charge >= 0.3 is 18.2 Å². The Morgan fingerprint density at radius 1 is 1.10 bits per heavy atom. The Hall–Kier alpha value is -2.58. The van der Waals surface area contributed by atoms with Crippen LogP contribution in [0.25, 0.3) is 0 Å². The molecular formula is C21H33N3O6. The molecule has 0 saturated heterocycles. The number of aromatic nitrogens is 2. The number of carbonyl (C=O) groups is 3. The van der Waals surface area contributed by atoms with E-state index in [9.17, 15) is 14.4 Å². The minimum absolute atomic E-state index is 0.0561. The van der Waals surface area contributed by atoms with Gasteiger partial charge in [0.1, 0.15) is 29.7 Å². The standard InChI is InChI=1S/C21H33N3O6/c1-20(2,3)29-18(26)23-16(17(25)28-15-9-7-8-10-15)11-14-12-24(13-22-14)19(27)30-21(4,5)6/h12-13,15-16H,7-11H2,1-6H3,(H,23,26)/t16-/m0/s1. The van der Waals surface area contributed by atoms with E-state index in [1.165, 1.54) is 17.1 Å². The molecule has 1 N–H and O–H groups in total. The molecule has 0 aliphatic heterocycles. The maximum atomic E-state index is 12.7. The average molecular weight is 424 g/mol. The normalized spacial score (nSPS) is 16.1. The third kappa shape index (κ3) is 8.04. The van der Waals surface area contributed by atoms with Crippen LogP contribution in [0.15, 0.2) is 12.5 Å². The Bertz CT molecular complexity index is 754. The number of ether oxygens (including phenoxy) is 3. The molecule has 0 aromatic carbocycles. The first-order valence-corrected chi connectivity index (χ1v) is 10.3. The lowest BCUT2D eigenvalue weighted by atomic mass is 10.1. The topological polar surface area (TPSA) is 109 Å². The maximum absolute atomic E-state index is 12.7. The summed E-state index contributed by atoms with van der Waals surface area (Å²) in [6, 6.07) is -0.984. The molecule has 1 aromatic rings.